The Morgan fingerprint density at radius 3 is 2.15 bits per heavy atom. The van der Waals surface area contributed by atoms with Crippen molar-refractivity contribution in [3.63, 3.8) is 0 Å². The zero-order chi connectivity index (χ0) is 24.9. The van der Waals surface area contributed by atoms with Crippen molar-refractivity contribution in [2.24, 2.45) is 5.41 Å². The quantitative estimate of drug-likeness (QED) is 0.658. The minimum atomic E-state index is -0.687. The number of ether oxygens (including phenoxy) is 2. The zero-order valence-electron chi connectivity index (χ0n) is 21.2. The molecule has 34 heavy (non-hydrogen) atoms. The Hall–Kier alpha value is -2.61. The molecule has 3 rings (SSSR count). The first-order chi connectivity index (χ1) is 16.0. The fourth-order valence-corrected chi connectivity index (χ4v) is 4.73. The molecule has 2 heterocycles. The van der Waals surface area contributed by atoms with E-state index < -0.39 is 11.6 Å². The molecule has 2 saturated heterocycles. The molecule has 0 aliphatic carbocycles. The van der Waals surface area contributed by atoms with Crippen molar-refractivity contribution in [2.45, 2.75) is 65.5 Å². The third-order valence-corrected chi connectivity index (χ3v) is 6.63. The highest BCUT2D eigenvalue weighted by atomic mass is 16.5. The average molecular weight is 474 g/mol. The van der Waals surface area contributed by atoms with E-state index in [9.17, 15) is 14.4 Å². The van der Waals surface area contributed by atoms with Crippen LogP contribution in [0.5, 0.6) is 5.75 Å². The number of piperidine rings is 1. The third-order valence-electron chi connectivity index (χ3n) is 6.63. The molecule has 2 aliphatic rings. The Morgan fingerprint density at radius 1 is 1.03 bits per heavy atom. The van der Waals surface area contributed by atoms with Gasteiger partial charge in [0.15, 0.2) is 0 Å². The van der Waals surface area contributed by atoms with Crippen LogP contribution in [0.4, 0.5) is 0 Å². The van der Waals surface area contributed by atoms with Gasteiger partial charge in [-0.15, -0.1) is 0 Å². The molecule has 1 N–H and O–H groups in total. The Bertz CT molecular complexity index is 869. The molecule has 1 aromatic rings. The largest absolute Gasteiger partial charge is 0.494 e. The molecule has 1 atom stereocenters. The highest BCUT2D eigenvalue weighted by Gasteiger charge is 2.44. The van der Waals surface area contributed by atoms with Gasteiger partial charge in [0.2, 0.25) is 11.8 Å². The summed E-state index contributed by atoms with van der Waals surface area (Å²) in [4.78, 5) is 41.6. The second kappa shape index (κ2) is 10.8. The van der Waals surface area contributed by atoms with E-state index in [1.54, 1.807) is 0 Å². The van der Waals surface area contributed by atoms with Crippen molar-refractivity contribution in [1.82, 2.24) is 15.1 Å². The smallest absolute Gasteiger partial charge is 0.253 e. The maximum absolute atomic E-state index is 13.2. The van der Waals surface area contributed by atoms with Crippen molar-refractivity contribution in [3.05, 3.63) is 29.8 Å². The zero-order valence-corrected chi connectivity index (χ0v) is 21.2. The van der Waals surface area contributed by atoms with Gasteiger partial charge in [-0.25, -0.2) is 0 Å². The first-order valence-electron chi connectivity index (χ1n) is 12.2. The van der Waals surface area contributed by atoms with Crippen LogP contribution >= 0.6 is 0 Å². The van der Waals surface area contributed by atoms with Crippen LogP contribution in [0.1, 0.15) is 64.2 Å². The van der Waals surface area contributed by atoms with Crippen LogP contribution in [-0.2, 0) is 14.3 Å². The van der Waals surface area contributed by atoms with Gasteiger partial charge in [-0.2, -0.15) is 0 Å². The lowest BCUT2D eigenvalue weighted by Crippen LogP contribution is -2.51. The fraction of sp³-hybridized carbons (Fsp3) is 0.654. The van der Waals surface area contributed by atoms with E-state index in [0.717, 1.165) is 25.0 Å². The summed E-state index contributed by atoms with van der Waals surface area (Å²) in [6.07, 6.45) is 2.64. The van der Waals surface area contributed by atoms with Gasteiger partial charge in [0, 0.05) is 38.7 Å². The fourth-order valence-electron chi connectivity index (χ4n) is 4.73. The minimum Gasteiger partial charge on any atom is -0.494 e. The highest BCUT2D eigenvalue weighted by molar-refractivity contribution is 5.94. The van der Waals surface area contributed by atoms with E-state index in [-0.39, 0.29) is 29.7 Å². The van der Waals surface area contributed by atoms with Crippen molar-refractivity contribution in [2.75, 3.05) is 39.4 Å². The van der Waals surface area contributed by atoms with Crippen molar-refractivity contribution >= 4 is 17.7 Å². The number of nitrogens with zero attached hydrogens (tertiary/aromatic N) is 2. The normalized spacial score (nSPS) is 18.6. The summed E-state index contributed by atoms with van der Waals surface area (Å²) in [5, 5.41) is 2.76. The van der Waals surface area contributed by atoms with E-state index >= 15 is 0 Å². The Balaban J connectivity index is 1.56. The molecule has 1 spiro atoms. The summed E-state index contributed by atoms with van der Waals surface area (Å²) in [6, 6.07) is 6.60. The molecule has 0 saturated carbocycles. The number of hydrogen-bond acceptors (Lipinski definition) is 5. The summed E-state index contributed by atoms with van der Waals surface area (Å²) in [7, 11) is 0. The standard InChI is InChI=1S/C26H39N3O5/c1-6-33-21-9-7-20(8-10-21)23(31)28-14-11-26(12-15-28)13-16-29(18-26)24(32)22(27-19(2)30)17-34-25(3,4)5/h7-10,22H,6,11-18H2,1-5H3,(H,27,30)/t22-/m0/s1. The molecule has 8 heteroatoms. The van der Waals surface area contributed by atoms with Crippen LogP contribution in [0, 0.1) is 5.41 Å². The van der Waals surface area contributed by atoms with Crippen LogP contribution in [0.2, 0.25) is 0 Å². The van der Waals surface area contributed by atoms with Crippen LogP contribution < -0.4 is 10.1 Å². The SMILES string of the molecule is CCOc1ccc(C(=O)N2CCC3(CC2)CCN(C(=O)[C@H](COC(C)(C)C)NC(C)=O)C3)cc1. The van der Waals surface area contributed by atoms with E-state index in [1.807, 2.05) is 61.8 Å². The topological polar surface area (TPSA) is 88.2 Å². The number of carbonyl (C=O) groups excluding carboxylic acids is 3. The van der Waals surface area contributed by atoms with Crippen LogP contribution in [0.15, 0.2) is 24.3 Å². The Morgan fingerprint density at radius 2 is 1.62 bits per heavy atom. The molecule has 0 aromatic heterocycles. The van der Waals surface area contributed by atoms with E-state index in [4.69, 9.17) is 9.47 Å². The van der Waals surface area contributed by atoms with Crippen LogP contribution in [-0.4, -0.2) is 78.6 Å². The third kappa shape index (κ3) is 6.72. The molecule has 0 bridgehead atoms. The number of benzene rings is 1. The lowest BCUT2D eigenvalue weighted by atomic mass is 9.77. The molecular formula is C26H39N3O5. The molecule has 3 amide bonds. The maximum atomic E-state index is 13.2. The Kier molecular flexibility index (Phi) is 8.23. The Labute approximate surface area is 202 Å². The second-order valence-electron chi connectivity index (χ2n) is 10.4. The van der Waals surface area contributed by atoms with E-state index in [0.29, 0.717) is 38.3 Å². The second-order valence-corrected chi connectivity index (χ2v) is 10.4. The molecule has 2 aliphatic heterocycles. The highest BCUT2D eigenvalue weighted by Crippen LogP contribution is 2.40. The molecule has 1 aromatic carbocycles. The van der Waals surface area contributed by atoms with Gasteiger partial charge in [-0.1, -0.05) is 0 Å². The summed E-state index contributed by atoms with van der Waals surface area (Å²) >= 11 is 0. The molecule has 188 valence electrons. The van der Waals surface area contributed by atoms with Crippen LogP contribution in [0.3, 0.4) is 0 Å². The number of nitrogens with one attached hydrogen (secondary N) is 1. The van der Waals surface area contributed by atoms with Gasteiger partial charge in [0.25, 0.3) is 5.91 Å². The molecule has 0 radical (unpaired) electrons. The number of hydrogen-bond donors (Lipinski definition) is 1. The monoisotopic (exact) mass is 473 g/mol. The minimum absolute atomic E-state index is 0.0247. The summed E-state index contributed by atoms with van der Waals surface area (Å²) < 4.78 is 11.3. The molecular weight excluding hydrogens is 434 g/mol. The summed E-state index contributed by atoms with van der Waals surface area (Å²) in [5.41, 5.74) is 0.294. The van der Waals surface area contributed by atoms with Crippen LogP contribution in [0.25, 0.3) is 0 Å². The summed E-state index contributed by atoms with van der Waals surface area (Å²) in [6.45, 7) is 12.5. The number of rotatable bonds is 7. The lowest BCUT2D eigenvalue weighted by molar-refractivity contribution is -0.139. The van der Waals surface area contributed by atoms with Gasteiger partial charge in [-0.05, 0) is 76.6 Å². The maximum Gasteiger partial charge on any atom is 0.253 e. The van der Waals surface area contributed by atoms with Crippen molar-refractivity contribution in [1.29, 1.82) is 0 Å². The van der Waals surface area contributed by atoms with Crippen molar-refractivity contribution in [3.8, 4) is 5.75 Å². The van der Waals surface area contributed by atoms with Gasteiger partial charge in [0.1, 0.15) is 11.8 Å². The van der Waals surface area contributed by atoms with Gasteiger partial charge < -0.3 is 24.6 Å². The molecule has 2 fully saturated rings. The number of amides is 3. The van der Waals surface area contributed by atoms with Gasteiger partial charge in [-0.3, -0.25) is 14.4 Å². The van der Waals surface area contributed by atoms with Crippen molar-refractivity contribution < 1.29 is 23.9 Å². The summed E-state index contributed by atoms with van der Waals surface area (Å²) in [5.74, 6) is 0.460. The average Bonchev–Trinajstić information content (AvgIpc) is 3.19. The number of likely N-dealkylation sites (tertiary alicyclic amines) is 2. The predicted molar refractivity (Wildman–Crippen MR) is 130 cm³/mol. The molecule has 8 nitrogen and oxygen atoms in total. The predicted octanol–water partition coefficient (Wildman–Crippen LogP) is 2.86. The number of carbonyl (C=O) groups is 3. The van der Waals surface area contributed by atoms with E-state index in [1.165, 1.54) is 6.92 Å². The van der Waals surface area contributed by atoms with Gasteiger partial charge in [0.05, 0.1) is 18.8 Å². The molecule has 0 unspecified atom stereocenters. The van der Waals surface area contributed by atoms with Gasteiger partial charge >= 0.3 is 0 Å². The lowest BCUT2D eigenvalue weighted by Gasteiger charge is -2.39. The van der Waals surface area contributed by atoms with E-state index in [2.05, 4.69) is 5.32 Å². The first kappa shape index (κ1) is 26.0. The first-order valence-corrected chi connectivity index (χ1v) is 12.2.